The van der Waals surface area contributed by atoms with Gasteiger partial charge in [0.25, 0.3) is 0 Å². The molecule has 0 bridgehead atoms. The Morgan fingerprint density at radius 2 is 1.06 bits per heavy atom. The van der Waals surface area contributed by atoms with Crippen LogP contribution in [0.25, 0.3) is 0 Å². The molecule has 0 aliphatic carbocycles. The van der Waals surface area contributed by atoms with Gasteiger partial charge in [0.05, 0.1) is 11.5 Å². The standard InChI is InChI=1S/C8H14O8S2/c9-1-3-17(13,14)5-7(11)8(12)6-18(15,16)4-2-10/h1-2,13-16H,3-6H2. The molecule has 8 nitrogen and oxygen atoms in total. The van der Waals surface area contributed by atoms with Crippen LogP contribution in [0.5, 0.6) is 0 Å². The molecular formula is C8H14O8S2. The summed E-state index contributed by atoms with van der Waals surface area (Å²) in [5.74, 6) is -5.67. The third kappa shape index (κ3) is 6.83. The number of hydrogen-bond donors (Lipinski definition) is 4. The Labute approximate surface area is 106 Å². The fourth-order valence-electron chi connectivity index (χ4n) is 0.917. The van der Waals surface area contributed by atoms with Gasteiger partial charge in [-0.15, -0.1) is 0 Å². The van der Waals surface area contributed by atoms with Crippen molar-refractivity contribution < 1.29 is 37.4 Å². The van der Waals surface area contributed by atoms with Gasteiger partial charge < -0.3 is 9.59 Å². The first-order valence-corrected chi connectivity index (χ1v) is 8.31. The SMILES string of the molecule is O=CCS(O)(O)CC(=O)C(=O)CS(O)(O)CC=O. The topological polar surface area (TPSA) is 149 Å². The van der Waals surface area contributed by atoms with Crippen molar-refractivity contribution in [2.75, 3.05) is 23.0 Å². The molecule has 0 aromatic heterocycles. The Bertz CT molecular complexity index is 317. The summed E-state index contributed by atoms with van der Waals surface area (Å²) < 4.78 is 36.8. The minimum absolute atomic E-state index is 0.201. The number of Topliss-reactive ketones (excluding diaryl/α,β-unsaturated/α-hetero) is 2. The molecule has 0 amide bonds. The normalized spacial score (nSPS) is 13.8. The van der Waals surface area contributed by atoms with Crippen LogP contribution >= 0.6 is 21.2 Å². The van der Waals surface area contributed by atoms with Gasteiger partial charge >= 0.3 is 0 Å². The zero-order valence-electron chi connectivity index (χ0n) is 9.22. The van der Waals surface area contributed by atoms with Crippen LogP contribution in [0.3, 0.4) is 0 Å². The number of rotatable bonds is 9. The van der Waals surface area contributed by atoms with Crippen molar-refractivity contribution in [1.82, 2.24) is 0 Å². The van der Waals surface area contributed by atoms with Gasteiger partial charge in [-0.3, -0.25) is 27.8 Å². The van der Waals surface area contributed by atoms with E-state index in [2.05, 4.69) is 0 Å². The summed E-state index contributed by atoms with van der Waals surface area (Å²) in [5.41, 5.74) is 0. The third-order valence-electron chi connectivity index (χ3n) is 1.71. The average molecular weight is 302 g/mol. The summed E-state index contributed by atoms with van der Waals surface area (Å²) in [4.78, 5) is 42.7. The van der Waals surface area contributed by atoms with Gasteiger partial charge in [-0.1, -0.05) is 0 Å². The van der Waals surface area contributed by atoms with E-state index >= 15 is 0 Å². The van der Waals surface area contributed by atoms with E-state index < -0.39 is 55.8 Å². The van der Waals surface area contributed by atoms with Gasteiger partial charge in [0.2, 0.25) is 11.6 Å². The van der Waals surface area contributed by atoms with Crippen LogP contribution in [0.1, 0.15) is 0 Å². The van der Waals surface area contributed by atoms with E-state index in [0.717, 1.165) is 0 Å². The molecule has 0 aromatic rings. The second-order valence-electron chi connectivity index (χ2n) is 3.41. The molecule has 0 unspecified atom stereocenters. The summed E-state index contributed by atoms with van der Waals surface area (Å²) >= 11 is 0. The zero-order chi connectivity index (χ0) is 14.4. The molecule has 0 fully saturated rings. The minimum Gasteiger partial charge on any atom is -0.302 e. The quantitative estimate of drug-likeness (QED) is 0.344. The van der Waals surface area contributed by atoms with Crippen molar-refractivity contribution in [2.45, 2.75) is 0 Å². The third-order valence-corrected chi connectivity index (χ3v) is 4.49. The maximum absolute atomic E-state index is 11.3. The predicted octanol–water partition coefficient (Wildman–Crippen LogP) is 0.0236. The first-order chi connectivity index (χ1) is 8.13. The zero-order valence-corrected chi connectivity index (χ0v) is 10.9. The van der Waals surface area contributed by atoms with Crippen LogP contribution in [0.2, 0.25) is 0 Å². The van der Waals surface area contributed by atoms with Gasteiger partial charge in [-0.05, 0) is 0 Å². The van der Waals surface area contributed by atoms with E-state index in [9.17, 15) is 37.4 Å². The van der Waals surface area contributed by atoms with Gasteiger partial charge in [0.15, 0.2) is 0 Å². The number of ketones is 2. The number of hydrogen-bond acceptors (Lipinski definition) is 8. The summed E-state index contributed by atoms with van der Waals surface area (Å²) in [6.45, 7) is 0. The largest absolute Gasteiger partial charge is 0.302 e. The molecule has 0 atom stereocenters. The molecule has 0 saturated heterocycles. The molecule has 18 heavy (non-hydrogen) atoms. The Kier molecular flexibility index (Phi) is 6.67. The highest BCUT2D eigenvalue weighted by atomic mass is 32.3. The van der Waals surface area contributed by atoms with Crippen LogP contribution in [0, 0.1) is 0 Å². The number of carbonyl (C=O) groups is 4. The average Bonchev–Trinajstić information content (AvgIpc) is 2.15. The molecule has 4 N–H and O–H groups in total. The molecular weight excluding hydrogens is 288 g/mol. The second kappa shape index (κ2) is 6.97. The van der Waals surface area contributed by atoms with Crippen LogP contribution in [-0.4, -0.2) is 65.4 Å². The van der Waals surface area contributed by atoms with E-state index in [4.69, 9.17) is 0 Å². The molecule has 0 rings (SSSR count). The Morgan fingerprint density at radius 1 is 0.778 bits per heavy atom. The molecule has 0 radical (unpaired) electrons. The summed E-state index contributed by atoms with van der Waals surface area (Å²) in [6.07, 6.45) is 0.403. The van der Waals surface area contributed by atoms with Gasteiger partial charge in [0.1, 0.15) is 24.1 Å². The van der Waals surface area contributed by atoms with Crippen molar-refractivity contribution in [3.8, 4) is 0 Å². The first kappa shape index (κ1) is 17.2. The molecule has 0 aliphatic heterocycles. The van der Waals surface area contributed by atoms with Crippen LogP contribution in [0.15, 0.2) is 0 Å². The van der Waals surface area contributed by atoms with Crippen molar-refractivity contribution in [3.05, 3.63) is 0 Å². The number of aldehydes is 2. The van der Waals surface area contributed by atoms with Crippen molar-refractivity contribution in [2.24, 2.45) is 0 Å². The maximum atomic E-state index is 11.3. The van der Waals surface area contributed by atoms with Crippen LogP contribution < -0.4 is 0 Å². The molecule has 0 heterocycles. The van der Waals surface area contributed by atoms with Crippen molar-refractivity contribution in [1.29, 1.82) is 0 Å². The van der Waals surface area contributed by atoms with Crippen LogP contribution in [0.4, 0.5) is 0 Å². The predicted molar refractivity (Wildman–Crippen MR) is 67.3 cm³/mol. The summed E-state index contributed by atoms with van der Waals surface area (Å²) in [5, 5.41) is 0. The minimum atomic E-state index is -3.51. The van der Waals surface area contributed by atoms with E-state index in [0.29, 0.717) is 0 Å². The smallest absolute Gasteiger partial charge is 0.218 e. The fraction of sp³-hybridized carbons (Fsp3) is 0.500. The Hall–Kier alpha value is -0.780. The Balaban J connectivity index is 4.48. The molecule has 0 aromatic carbocycles. The monoisotopic (exact) mass is 302 g/mol. The summed E-state index contributed by atoms with van der Waals surface area (Å²) in [6, 6.07) is 0. The molecule has 0 spiro atoms. The van der Waals surface area contributed by atoms with Crippen LogP contribution in [-0.2, 0) is 19.2 Å². The highest BCUT2D eigenvalue weighted by Crippen LogP contribution is 2.39. The fourth-order valence-corrected chi connectivity index (χ4v) is 2.75. The first-order valence-electron chi connectivity index (χ1n) is 4.54. The molecule has 0 saturated carbocycles. The lowest BCUT2D eigenvalue weighted by molar-refractivity contribution is -0.133. The lowest BCUT2D eigenvalue weighted by Crippen LogP contribution is -2.28. The van der Waals surface area contributed by atoms with E-state index in [1.807, 2.05) is 0 Å². The molecule has 10 heteroatoms. The van der Waals surface area contributed by atoms with E-state index in [1.165, 1.54) is 0 Å². The Morgan fingerprint density at radius 3 is 1.28 bits per heavy atom. The maximum Gasteiger partial charge on any atom is 0.218 e. The molecule has 106 valence electrons. The highest BCUT2D eigenvalue weighted by Gasteiger charge is 2.26. The lowest BCUT2D eigenvalue weighted by Gasteiger charge is -2.31. The number of carbonyl (C=O) groups excluding carboxylic acids is 4. The van der Waals surface area contributed by atoms with Crippen molar-refractivity contribution >= 4 is 45.3 Å². The molecule has 0 aliphatic rings. The summed E-state index contributed by atoms with van der Waals surface area (Å²) in [7, 11) is -7.01. The van der Waals surface area contributed by atoms with Gasteiger partial charge in [0, 0.05) is 0 Å². The lowest BCUT2D eigenvalue weighted by atomic mass is 10.3. The van der Waals surface area contributed by atoms with Crippen molar-refractivity contribution in [3.63, 3.8) is 0 Å². The highest BCUT2D eigenvalue weighted by molar-refractivity contribution is 8.26. The van der Waals surface area contributed by atoms with Gasteiger partial charge in [-0.25, -0.2) is 0 Å². The second-order valence-corrected chi connectivity index (χ2v) is 7.86. The van der Waals surface area contributed by atoms with E-state index in [1.54, 1.807) is 0 Å². The van der Waals surface area contributed by atoms with E-state index in [-0.39, 0.29) is 12.6 Å². The van der Waals surface area contributed by atoms with Gasteiger partial charge in [-0.2, -0.15) is 21.2 Å².